The van der Waals surface area contributed by atoms with Crippen LogP contribution in [0.15, 0.2) is 0 Å². The van der Waals surface area contributed by atoms with Crippen molar-refractivity contribution in [3.05, 3.63) is 0 Å². The molecule has 0 aromatic heterocycles. The summed E-state index contributed by atoms with van der Waals surface area (Å²) in [4.78, 5) is 0. The molecule has 0 aromatic rings. The Morgan fingerprint density at radius 1 is 0.737 bits per heavy atom. The first-order valence-electron chi connectivity index (χ1n) is 3.93. The highest BCUT2D eigenvalue weighted by Gasteiger charge is 2.66. The third-order valence-electron chi connectivity index (χ3n) is 1.47. The number of alkyl halides is 11. The van der Waals surface area contributed by atoms with Crippen LogP contribution >= 0.6 is 0 Å². The smallest absolute Gasteiger partial charge is 0.334 e. The molecular formula is C6H3F11O2. The third-order valence-corrected chi connectivity index (χ3v) is 1.47. The van der Waals surface area contributed by atoms with E-state index in [4.69, 9.17) is 5.11 Å². The van der Waals surface area contributed by atoms with Crippen LogP contribution in [0.2, 0.25) is 0 Å². The van der Waals surface area contributed by atoms with Gasteiger partial charge in [-0.2, -0.15) is 43.9 Å². The van der Waals surface area contributed by atoms with Crippen molar-refractivity contribution in [3.8, 4) is 0 Å². The topological polar surface area (TPSA) is 29.5 Å². The molecule has 19 heavy (non-hydrogen) atoms. The van der Waals surface area contributed by atoms with Crippen molar-refractivity contribution in [2.24, 2.45) is 0 Å². The van der Waals surface area contributed by atoms with Crippen LogP contribution in [0.25, 0.3) is 0 Å². The minimum atomic E-state index is -6.37. The molecule has 13 heteroatoms. The fourth-order valence-corrected chi connectivity index (χ4v) is 0.742. The average Bonchev–Trinajstić information content (AvgIpc) is 2.08. The van der Waals surface area contributed by atoms with Gasteiger partial charge in [0.15, 0.2) is 0 Å². The van der Waals surface area contributed by atoms with Crippen LogP contribution in [0.3, 0.4) is 0 Å². The number of aliphatic hydroxyl groups is 1. The molecule has 0 aromatic carbocycles. The molecule has 0 aliphatic rings. The lowest BCUT2D eigenvalue weighted by Crippen LogP contribution is -2.54. The molecular weight excluding hydrogens is 313 g/mol. The fraction of sp³-hybridized carbons (Fsp3) is 1.00. The summed E-state index contributed by atoms with van der Waals surface area (Å²) in [6, 6.07) is 0. The predicted octanol–water partition coefficient (Wildman–Crippen LogP) is 3.01. The Morgan fingerprint density at radius 2 is 1.11 bits per heavy atom. The van der Waals surface area contributed by atoms with E-state index in [2.05, 4.69) is 4.74 Å². The van der Waals surface area contributed by atoms with Crippen LogP contribution in [0.5, 0.6) is 0 Å². The van der Waals surface area contributed by atoms with Gasteiger partial charge in [0.25, 0.3) is 6.17 Å². The fourth-order valence-electron chi connectivity index (χ4n) is 0.742. The summed E-state index contributed by atoms with van der Waals surface area (Å²) in [6.07, 6.45) is -35.3. The van der Waals surface area contributed by atoms with Gasteiger partial charge in [-0.15, -0.1) is 0 Å². The van der Waals surface area contributed by atoms with Crippen molar-refractivity contribution in [2.75, 3.05) is 0 Å². The van der Waals surface area contributed by atoms with Crippen LogP contribution in [0.4, 0.5) is 48.3 Å². The highest BCUT2D eigenvalue weighted by molar-refractivity contribution is 4.82. The van der Waals surface area contributed by atoms with Crippen molar-refractivity contribution in [3.63, 3.8) is 0 Å². The first-order chi connectivity index (χ1) is 7.99. The lowest BCUT2D eigenvalue weighted by Gasteiger charge is -2.30. The van der Waals surface area contributed by atoms with E-state index in [1.165, 1.54) is 0 Å². The van der Waals surface area contributed by atoms with E-state index in [1.54, 1.807) is 0 Å². The zero-order chi connectivity index (χ0) is 15.9. The maximum atomic E-state index is 12.4. The molecule has 0 spiro atoms. The summed E-state index contributed by atoms with van der Waals surface area (Å²) in [6.45, 7) is 0. The molecule has 0 rings (SSSR count). The Kier molecular flexibility index (Phi) is 4.70. The molecule has 0 radical (unpaired) electrons. The molecule has 1 N–H and O–H groups in total. The van der Waals surface area contributed by atoms with Gasteiger partial charge in [-0.3, -0.25) is 4.74 Å². The molecule has 0 aliphatic carbocycles. The number of hydrogen-bond donors (Lipinski definition) is 1. The molecule has 0 saturated carbocycles. The summed E-state index contributed by atoms with van der Waals surface area (Å²) < 4.78 is 133. The van der Waals surface area contributed by atoms with Crippen LogP contribution in [0, 0.1) is 0 Å². The molecule has 2 atom stereocenters. The molecule has 116 valence electrons. The summed E-state index contributed by atoms with van der Waals surface area (Å²) in [5.74, 6) is 0. The first-order valence-corrected chi connectivity index (χ1v) is 3.93. The SMILES string of the molecule is OC(F)(F)C(OC(F)(F)C(F)C(F)(F)F)C(F)(F)F. The summed E-state index contributed by atoms with van der Waals surface area (Å²) in [7, 11) is 0. The Hall–Kier alpha value is -0.850. The second-order valence-corrected chi connectivity index (χ2v) is 3.09. The minimum absolute atomic E-state index is 2.10. The second-order valence-electron chi connectivity index (χ2n) is 3.09. The van der Waals surface area contributed by atoms with Crippen molar-refractivity contribution >= 4 is 0 Å². The Bertz CT molecular complexity index is 286. The highest BCUT2D eigenvalue weighted by atomic mass is 19.4. The third kappa shape index (κ3) is 4.97. The number of ether oxygens (including phenoxy) is 1. The van der Waals surface area contributed by atoms with E-state index < -0.39 is 36.8 Å². The van der Waals surface area contributed by atoms with E-state index in [1.807, 2.05) is 0 Å². The van der Waals surface area contributed by atoms with Crippen LogP contribution in [0.1, 0.15) is 0 Å². The number of rotatable bonds is 4. The maximum absolute atomic E-state index is 12.4. The van der Waals surface area contributed by atoms with E-state index in [0.717, 1.165) is 0 Å². The van der Waals surface area contributed by atoms with Crippen molar-refractivity contribution in [1.29, 1.82) is 0 Å². The van der Waals surface area contributed by atoms with Gasteiger partial charge in [0.05, 0.1) is 0 Å². The molecule has 0 bridgehead atoms. The molecule has 0 heterocycles. The molecule has 0 fully saturated rings. The zero-order valence-electron chi connectivity index (χ0n) is 8.17. The second kappa shape index (κ2) is 4.92. The standard InChI is InChI=1S/C6H3F11O2/c7-1(3(8,9)10)6(16,17)19-2(4(11,12)13)5(14,15)18/h1-2,18H. The van der Waals surface area contributed by atoms with Gasteiger partial charge in [0.2, 0.25) is 6.10 Å². The average molecular weight is 316 g/mol. The predicted molar refractivity (Wildman–Crippen MR) is 34.0 cm³/mol. The lowest BCUT2D eigenvalue weighted by molar-refractivity contribution is -0.427. The highest BCUT2D eigenvalue weighted by Crippen LogP contribution is 2.41. The van der Waals surface area contributed by atoms with Gasteiger partial charge in [-0.05, 0) is 0 Å². The monoisotopic (exact) mass is 316 g/mol. The van der Waals surface area contributed by atoms with Gasteiger partial charge in [-0.1, -0.05) is 0 Å². The van der Waals surface area contributed by atoms with Crippen LogP contribution in [-0.2, 0) is 4.74 Å². The lowest BCUT2D eigenvalue weighted by atomic mass is 10.3. The molecule has 0 amide bonds. The van der Waals surface area contributed by atoms with Crippen molar-refractivity contribution < 1.29 is 58.1 Å². The van der Waals surface area contributed by atoms with E-state index in [9.17, 15) is 48.3 Å². The summed E-state index contributed by atoms with van der Waals surface area (Å²) >= 11 is 0. The number of halogens is 11. The van der Waals surface area contributed by atoms with Crippen LogP contribution in [-0.4, -0.2) is 42.0 Å². The largest absolute Gasteiger partial charge is 0.428 e. The zero-order valence-corrected chi connectivity index (χ0v) is 8.17. The summed E-state index contributed by atoms with van der Waals surface area (Å²) in [5, 5.41) is 7.65. The number of hydrogen-bond acceptors (Lipinski definition) is 2. The van der Waals surface area contributed by atoms with E-state index >= 15 is 0 Å². The van der Waals surface area contributed by atoms with Gasteiger partial charge in [0.1, 0.15) is 0 Å². The van der Waals surface area contributed by atoms with Crippen molar-refractivity contribution in [1.82, 2.24) is 0 Å². The van der Waals surface area contributed by atoms with Gasteiger partial charge in [0, 0.05) is 0 Å². The minimum Gasteiger partial charge on any atom is -0.334 e. The van der Waals surface area contributed by atoms with E-state index in [-0.39, 0.29) is 0 Å². The van der Waals surface area contributed by atoms with Gasteiger partial charge in [-0.25, -0.2) is 4.39 Å². The Labute approximate surface area is 96.3 Å². The Balaban J connectivity index is 5.27. The molecule has 0 aliphatic heterocycles. The Morgan fingerprint density at radius 3 is 1.32 bits per heavy atom. The molecule has 2 nitrogen and oxygen atoms in total. The van der Waals surface area contributed by atoms with Crippen molar-refractivity contribution in [2.45, 2.75) is 36.8 Å². The normalized spacial score (nSPS) is 18.3. The quantitative estimate of drug-likeness (QED) is 0.808. The van der Waals surface area contributed by atoms with Gasteiger partial charge >= 0.3 is 24.6 Å². The van der Waals surface area contributed by atoms with E-state index in [0.29, 0.717) is 0 Å². The van der Waals surface area contributed by atoms with Crippen LogP contribution < -0.4 is 0 Å². The van der Waals surface area contributed by atoms with Gasteiger partial charge < -0.3 is 5.11 Å². The first kappa shape index (κ1) is 18.1. The maximum Gasteiger partial charge on any atom is 0.428 e. The molecule has 0 saturated heterocycles. The molecule has 2 unspecified atom stereocenters. The summed E-state index contributed by atoms with van der Waals surface area (Å²) in [5.41, 5.74) is 0.